The van der Waals surface area contributed by atoms with E-state index in [2.05, 4.69) is 24.8 Å². The average Bonchev–Trinajstić information content (AvgIpc) is 2.14. The first-order valence-electron chi connectivity index (χ1n) is 5.98. The van der Waals surface area contributed by atoms with Gasteiger partial charge in [-0.2, -0.15) is 5.26 Å². The lowest BCUT2D eigenvalue weighted by Gasteiger charge is -2.38. The maximum Gasteiger partial charge on any atom is 0.0684 e. The molecule has 0 atom stereocenters. The highest BCUT2D eigenvalue weighted by Gasteiger charge is 2.27. The van der Waals surface area contributed by atoms with Gasteiger partial charge in [-0.05, 0) is 51.6 Å². The first kappa shape index (κ1) is 12.5. The molecule has 1 saturated heterocycles. The lowest BCUT2D eigenvalue weighted by Crippen LogP contribution is -2.41. The molecule has 1 rings (SSSR count). The number of nitrogens with zero attached hydrogens (tertiary/aromatic N) is 2. The van der Waals surface area contributed by atoms with Crippen LogP contribution in [0.15, 0.2) is 0 Å². The first-order chi connectivity index (χ1) is 6.85. The van der Waals surface area contributed by atoms with E-state index in [4.69, 9.17) is 5.26 Å². The van der Waals surface area contributed by atoms with Gasteiger partial charge in [-0.3, -0.25) is 0 Å². The van der Waals surface area contributed by atoms with Crippen LogP contribution in [0.25, 0.3) is 0 Å². The Morgan fingerprint density at radius 3 is 2.60 bits per heavy atom. The Kier molecular flexibility index (Phi) is 3.78. The lowest BCUT2D eigenvalue weighted by atomic mass is 9.83. The number of likely N-dealkylation sites (tertiary alicyclic amines) is 1. The summed E-state index contributed by atoms with van der Waals surface area (Å²) >= 11 is 0. The van der Waals surface area contributed by atoms with E-state index >= 15 is 0 Å². The van der Waals surface area contributed by atoms with Gasteiger partial charge >= 0.3 is 0 Å². The zero-order chi connectivity index (χ0) is 11.5. The van der Waals surface area contributed by atoms with Crippen LogP contribution in [0.3, 0.4) is 0 Å². The van der Waals surface area contributed by atoms with Crippen molar-refractivity contribution in [2.24, 2.45) is 10.8 Å². The van der Waals surface area contributed by atoms with E-state index < -0.39 is 0 Å². The number of piperidine rings is 1. The van der Waals surface area contributed by atoms with Gasteiger partial charge in [0.2, 0.25) is 0 Å². The molecule has 0 unspecified atom stereocenters. The van der Waals surface area contributed by atoms with Gasteiger partial charge in [0.15, 0.2) is 0 Å². The van der Waals surface area contributed by atoms with E-state index in [1.807, 2.05) is 13.8 Å². The molecular formula is C13H24N2. The van der Waals surface area contributed by atoms with Crippen LogP contribution < -0.4 is 0 Å². The van der Waals surface area contributed by atoms with Gasteiger partial charge in [-0.25, -0.2) is 0 Å². The minimum Gasteiger partial charge on any atom is -0.303 e. The molecule has 1 aliphatic heterocycles. The lowest BCUT2D eigenvalue weighted by molar-refractivity contribution is 0.109. The number of hydrogen-bond donors (Lipinski definition) is 0. The second kappa shape index (κ2) is 4.53. The van der Waals surface area contributed by atoms with Gasteiger partial charge in [0.25, 0.3) is 0 Å². The number of nitriles is 1. The molecule has 0 N–H and O–H groups in total. The molecule has 0 aromatic carbocycles. The summed E-state index contributed by atoms with van der Waals surface area (Å²) in [5.41, 5.74) is 0.302. The van der Waals surface area contributed by atoms with Crippen LogP contribution in [0.5, 0.6) is 0 Å². The largest absolute Gasteiger partial charge is 0.303 e. The third-order valence-corrected chi connectivity index (χ3v) is 3.34. The molecule has 86 valence electrons. The molecule has 0 bridgehead atoms. The molecule has 1 fully saturated rings. The van der Waals surface area contributed by atoms with Crippen molar-refractivity contribution >= 4 is 0 Å². The summed E-state index contributed by atoms with van der Waals surface area (Å²) in [7, 11) is 0. The van der Waals surface area contributed by atoms with Crippen LogP contribution >= 0.6 is 0 Å². The fourth-order valence-corrected chi connectivity index (χ4v) is 2.23. The summed E-state index contributed by atoms with van der Waals surface area (Å²) in [5.74, 6) is 0. The quantitative estimate of drug-likeness (QED) is 0.712. The fourth-order valence-electron chi connectivity index (χ4n) is 2.23. The summed E-state index contributed by atoms with van der Waals surface area (Å²) in [5, 5.41) is 8.96. The van der Waals surface area contributed by atoms with Crippen molar-refractivity contribution in [3.05, 3.63) is 0 Å². The molecule has 2 heteroatoms. The first-order valence-corrected chi connectivity index (χ1v) is 5.98. The zero-order valence-corrected chi connectivity index (χ0v) is 10.6. The van der Waals surface area contributed by atoms with Gasteiger partial charge in [0.05, 0.1) is 11.5 Å². The summed E-state index contributed by atoms with van der Waals surface area (Å²) in [6, 6.07) is 2.37. The molecule has 1 heterocycles. The van der Waals surface area contributed by atoms with Crippen molar-refractivity contribution in [1.82, 2.24) is 4.90 Å². The van der Waals surface area contributed by atoms with Crippen LogP contribution in [-0.2, 0) is 0 Å². The van der Waals surface area contributed by atoms with Crippen molar-refractivity contribution in [3.63, 3.8) is 0 Å². The van der Waals surface area contributed by atoms with Crippen LogP contribution in [0.1, 0.15) is 47.0 Å². The zero-order valence-electron chi connectivity index (χ0n) is 10.6. The molecule has 0 saturated carbocycles. The molecular weight excluding hydrogens is 184 g/mol. The van der Waals surface area contributed by atoms with Gasteiger partial charge in [-0.15, -0.1) is 0 Å². The highest BCUT2D eigenvalue weighted by Crippen LogP contribution is 2.29. The Hall–Kier alpha value is -0.550. The topological polar surface area (TPSA) is 27.0 Å². The van der Waals surface area contributed by atoms with Gasteiger partial charge < -0.3 is 4.90 Å². The summed E-state index contributed by atoms with van der Waals surface area (Å²) < 4.78 is 0. The predicted octanol–water partition coefficient (Wildman–Crippen LogP) is 3.05. The molecule has 15 heavy (non-hydrogen) atoms. The highest BCUT2D eigenvalue weighted by atomic mass is 15.1. The van der Waals surface area contributed by atoms with Gasteiger partial charge in [0, 0.05) is 6.54 Å². The molecule has 0 aromatic heterocycles. The highest BCUT2D eigenvalue weighted by molar-refractivity contribution is 4.92. The van der Waals surface area contributed by atoms with Crippen LogP contribution in [0.4, 0.5) is 0 Å². The molecule has 2 nitrogen and oxygen atoms in total. The molecule has 0 spiro atoms. The number of rotatable bonds is 3. The summed E-state index contributed by atoms with van der Waals surface area (Å²) in [6.07, 6.45) is 3.63. The summed E-state index contributed by atoms with van der Waals surface area (Å²) in [4.78, 5) is 2.52. The van der Waals surface area contributed by atoms with E-state index in [9.17, 15) is 0 Å². The maximum atomic E-state index is 8.96. The van der Waals surface area contributed by atoms with E-state index in [1.165, 1.54) is 25.9 Å². The minimum absolute atomic E-state index is 0.165. The predicted molar refractivity (Wildman–Crippen MR) is 63.5 cm³/mol. The Balaban J connectivity index is 2.37. The van der Waals surface area contributed by atoms with Gasteiger partial charge in [-0.1, -0.05) is 13.8 Å². The Labute approximate surface area is 94.3 Å². The monoisotopic (exact) mass is 208 g/mol. The molecule has 0 aliphatic carbocycles. The SMILES string of the molecule is CC(C)(C#N)CCN1CCCC(C)(C)C1. The third kappa shape index (κ3) is 4.22. The van der Waals surface area contributed by atoms with E-state index in [0.717, 1.165) is 13.0 Å². The van der Waals surface area contributed by atoms with Crippen molar-refractivity contribution in [2.45, 2.75) is 47.0 Å². The third-order valence-electron chi connectivity index (χ3n) is 3.34. The molecule has 1 aliphatic rings. The maximum absolute atomic E-state index is 8.96. The van der Waals surface area contributed by atoms with E-state index in [0.29, 0.717) is 5.41 Å². The van der Waals surface area contributed by atoms with Gasteiger partial charge in [0.1, 0.15) is 0 Å². The van der Waals surface area contributed by atoms with Crippen LogP contribution in [-0.4, -0.2) is 24.5 Å². The Morgan fingerprint density at radius 1 is 1.40 bits per heavy atom. The fraction of sp³-hybridized carbons (Fsp3) is 0.923. The second-order valence-electron chi connectivity index (χ2n) is 6.29. The molecule has 0 radical (unpaired) electrons. The molecule has 0 amide bonds. The van der Waals surface area contributed by atoms with Crippen molar-refractivity contribution in [1.29, 1.82) is 5.26 Å². The number of hydrogen-bond acceptors (Lipinski definition) is 2. The normalized spacial score (nSPS) is 22.3. The van der Waals surface area contributed by atoms with Crippen molar-refractivity contribution in [2.75, 3.05) is 19.6 Å². The van der Waals surface area contributed by atoms with Crippen LogP contribution in [0, 0.1) is 22.2 Å². The smallest absolute Gasteiger partial charge is 0.0684 e. The molecule has 0 aromatic rings. The van der Waals surface area contributed by atoms with Crippen molar-refractivity contribution < 1.29 is 0 Å². The Bertz CT molecular complexity index is 248. The van der Waals surface area contributed by atoms with Crippen LogP contribution in [0.2, 0.25) is 0 Å². The minimum atomic E-state index is -0.165. The van der Waals surface area contributed by atoms with E-state index in [-0.39, 0.29) is 5.41 Å². The second-order valence-corrected chi connectivity index (χ2v) is 6.29. The summed E-state index contributed by atoms with van der Waals surface area (Å²) in [6.45, 7) is 12.2. The van der Waals surface area contributed by atoms with Crippen molar-refractivity contribution in [3.8, 4) is 6.07 Å². The average molecular weight is 208 g/mol. The standard InChI is InChI=1S/C13H24N2/c1-12(2,10-14)7-9-15-8-5-6-13(3,4)11-15/h5-9,11H2,1-4H3. The Morgan fingerprint density at radius 2 is 2.07 bits per heavy atom. The van der Waals surface area contributed by atoms with E-state index in [1.54, 1.807) is 0 Å².